The fraction of sp³-hybridized carbons (Fsp3) is 0.154. The van der Waals surface area contributed by atoms with Crippen molar-refractivity contribution in [3.8, 4) is 11.4 Å². The second kappa shape index (κ2) is 8.74. The predicted octanol–water partition coefficient (Wildman–Crippen LogP) is 6.16. The lowest BCUT2D eigenvalue weighted by molar-refractivity contribution is 0.472. The Morgan fingerprint density at radius 2 is 1.79 bits per heavy atom. The van der Waals surface area contributed by atoms with Gasteiger partial charge in [0.2, 0.25) is 0 Å². The molecular weight excluding hydrogens is 471 g/mol. The number of phenolic OH excluding ortho intramolecular Hbond substituents is 1. The van der Waals surface area contributed by atoms with Gasteiger partial charge in [-0.2, -0.15) is 0 Å². The number of aromatic hydroxyl groups is 1. The van der Waals surface area contributed by atoms with E-state index in [0.29, 0.717) is 21.5 Å². The van der Waals surface area contributed by atoms with Gasteiger partial charge in [-0.05, 0) is 80.2 Å². The first-order chi connectivity index (χ1) is 16.4. The van der Waals surface area contributed by atoms with Crippen LogP contribution in [-0.2, 0) is 0 Å². The molecule has 34 heavy (non-hydrogen) atoms. The van der Waals surface area contributed by atoms with E-state index in [0.717, 1.165) is 22.6 Å². The monoisotopic (exact) mass is 492 g/mol. The number of rotatable bonds is 4. The first-order valence-corrected chi connectivity index (χ1v) is 11.6. The van der Waals surface area contributed by atoms with E-state index in [4.69, 9.17) is 23.8 Å². The summed E-state index contributed by atoms with van der Waals surface area (Å²) < 4.78 is 16.6. The summed E-state index contributed by atoms with van der Waals surface area (Å²) in [7, 11) is 0. The molecule has 8 heteroatoms. The first-order valence-electron chi connectivity index (χ1n) is 10.8. The fourth-order valence-corrected chi connectivity index (χ4v) is 5.22. The molecular formula is C26H22ClFN4OS. The van der Waals surface area contributed by atoms with Gasteiger partial charge in [-0.25, -0.2) is 4.39 Å². The molecule has 0 spiro atoms. The Morgan fingerprint density at radius 3 is 2.53 bits per heavy atom. The Hall–Kier alpha value is -3.42. The Labute approximate surface area is 207 Å². The molecule has 4 aromatic rings. The van der Waals surface area contributed by atoms with Gasteiger partial charge in [-0.3, -0.25) is 4.98 Å². The summed E-state index contributed by atoms with van der Waals surface area (Å²) in [6.45, 7) is 3.91. The lowest BCUT2D eigenvalue weighted by Gasteiger charge is -2.28. The van der Waals surface area contributed by atoms with Crippen molar-refractivity contribution in [1.82, 2.24) is 14.9 Å². The third-order valence-corrected chi connectivity index (χ3v) is 6.73. The van der Waals surface area contributed by atoms with Crippen molar-refractivity contribution in [1.29, 1.82) is 0 Å². The smallest absolute Gasteiger partial charge is 0.174 e. The molecule has 1 aliphatic rings. The first kappa shape index (κ1) is 22.4. The molecule has 5 nitrogen and oxygen atoms in total. The number of aryl methyl sites for hydroxylation is 1. The number of nitrogens with one attached hydrogen (secondary N) is 1. The average molecular weight is 493 g/mol. The second-order valence-corrected chi connectivity index (χ2v) is 9.07. The summed E-state index contributed by atoms with van der Waals surface area (Å²) in [5, 5.41) is 15.0. The van der Waals surface area contributed by atoms with Crippen molar-refractivity contribution >= 4 is 34.6 Å². The van der Waals surface area contributed by atoms with Crippen molar-refractivity contribution < 1.29 is 9.50 Å². The highest BCUT2D eigenvalue weighted by Gasteiger charge is 2.43. The molecule has 2 aromatic heterocycles. The molecule has 2 atom stereocenters. The van der Waals surface area contributed by atoms with E-state index in [1.54, 1.807) is 36.5 Å². The summed E-state index contributed by atoms with van der Waals surface area (Å²) in [4.78, 5) is 6.43. The third kappa shape index (κ3) is 3.71. The lowest BCUT2D eigenvalue weighted by Crippen LogP contribution is -2.29. The number of hydrogen-bond acceptors (Lipinski definition) is 3. The molecule has 172 valence electrons. The molecule has 5 rings (SSSR count). The maximum absolute atomic E-state index is 14.7. The summed E-state index contributed by atoms with van der Waals surface area (Å²) in [6.07, 6.45) is 1.74. The van der Waals surface area contributed by atoms with Crippen molar-refractivity contribution in [2.24, 2.45) is 0 Å². The van der Waals surface area contributed by atoms with Crippen LogP contribution in [-0.4, -0.2) is 19.8 Å². The second-order valence-electron chi connectivity index (χ2n) is 8.24. The molecule has 0 saturated carbocycles. The molecule has 1 aliphatic heterocycles. The maximum atomic E-state index is 14.7. The topological polar surface area (TPSA) is 53.3 Å². The minimum Gasteiger partial charge on any atom is -0.506 e. The van der Waals surface area contributed by atoms with E-state index in [1.165, 1.54) is 6.07 Å². The minimum absolute atomic E-state index is 0.0585. The molecule has 2 aromatic carbocycles. The molecule has 1 saturated heterocycles. The number of para-hydroxylation sites is 1. The predicted molar refractivity (Wildman–Crippen MR) is 136 cm³/mol. The standard InChI is InChI=1S/C26H22ClFN4OS/c1-15-13-18(16(2)31(15)21-9-4-3-7-19(21)28)25-24(20-8-5-6-12-29-20)30-26(34)32(25)22-14-17(27)10-11-23(22)33/h3-14,24-25,33H,1-2H3,(H,30,34). The highest BCUT2D eigenvalue weighted by Crippen LogP contribution is 2.46. The lowest BCUT2D eigenvalue weighted by atomic mass is 9.96. The molecule has 1 fully saturated rings. The van der Waals surface area contributed by atoms with Crippen LogP contribution < -0.4 is 10.2 Å². The number of nitrogens with zero attached hydrogens (tertiary/aromatic N) is 3. The normalized spacial score (nSPS) is 17.8. The number of hydrogen-bond donors (Lipinski definition) is 2. The van der Waals surface area contributed by atoms with Crippen LogP contribution >= 0.6 is 23.8 Å². The number of phenols is 1. The van der Waals surface area contributed by atoms with Gasteiger partial charge < -0.3 is 19.9 Å². The zero-order valence-corrected chi connectivity index (χ0v) is 20.1. The molecule has 0 amide bonds. The molecule has 0 bridgehead atoms. The zero-order chi connectivity index (χ0) is 24.0. The maximum Gasteiger partial charge on any atom is 0.174 e. The number of anilines is 1. The number of thiocarbonyl (C=S) groups is 1. The minimum atomic E-state index is -0.363. The van der Waals surface area contributed by atoms with E-state index < -0.39 is 0 Å². The van der Waals surface area contributed by atoms with Crippen LogP contribution in [0.2, 0.25) is 5.02 Å². The summed E-state index contributed by atoms with van der Waals surface area (Å²) in [5.41, 5.74) is 4.45. The molecule has 0 aliphatic carbocycles. The largest absolute Gasteiger partial charge is 0.506 e. The number of aromatic nitrogens is 2. The average Bonchev–Trinajstić information content (AvgIpc) is 3.32. The van der Waals surface area contributed by atoms with Gasteiger partial charge >= 0.3 is 0 Å². The highest BCUT2D eigenvalue weighted by atomic mass is 35.5. The van der Waals surface area contributed by atoms with Crippen molar-refractivity contribution in [2.45, 2.75) is 25.9 Å². The summed E-state index contributed by atoms with van der Waals surface area (Å²) >= 11 is 12.0. The Bertz CT molecular complexity index is 1390. The number of halogens is 2. The SMILES string of the molecule is Cc1cc(C2C(c3ccccn3)NC(=S)N2c2cc(Cl)ccc2O)c(C)n1-c1ccccc1F. The molecule has 3 heterocycles. The van der Waals surface area contributed by atoms with Crippen LogP contribution in [0.1, 0.15) is 34.7 Å². The number of pyridine rings is 1. The molecule has 2 unspecified atom stereocenters. The Balaban J connectivity index is 1.72. The van der Waals surface area contributed by atoms with Crippen LogP contribution in [0.15, 0.2) is 72.9 Å². The Morgan fingerprint density at radius 1 is 1.03 bits per heavy atom. The highest BCUT2D eigenvalue weighted by molar-refractivity contribution is 7.80. The van der Waals surface area contributed by atoms with E-state index in [9.17, 15) is 9.50 Å². The van der Waals surface area contributed by atoms with Gasteiger partial charge in [0.1, 0.15) is 11.6 Å². The van der Waals surface area contributed by atoms with Crippen LogP contribution in [0, 0.1) is 19.7 Å². The van der Waals surface area contributed by atoms with Crippen LogP contribution in [0.5, 0.6) is 5.75 Å². The van der Waals surface area contributed by atoms with Crippen LogP contribution in [0.4, 0.5) is 10.1 Å². The van der Waals surface area contributed by atoms with E-state index >= 15 is 0 Å². The third-order valence-electron chi connectivity index (χ3n) is 6.18. The van der Waals surface area contributed by atoms with Crippen molar-refractivity contribution in [3.63, 3.8) is 0 Å². The van der Waals surface area contributed by atoms with Crippen LogP contribution in [0.25, 0.3) is 5.69 Å². The molecule has 0 radical (unpaired) electrons. The van der Waals surface area contributed by atoms with Gasteiger partial charge in [0.15, 0.2) is 5.11 Å². The summed E-state index contributed by atoms with van der Waals surface area (Å²) in [6, 6.07) is 18.6. The number of benzene rings is 2. The zero-order valence-electron chi connectivity index (χ0n) is 18.5. The Kier molecular flexibility index (Phi) is 5.75. The van der Waals surface area contributed by atoms with E-state index in [-0.39, 0.29) is 23.7 Å². The van der Waals surface area contributed by atoms with E-state index in [1.807, 2.05) is 53.6 Å². The van der Waals surface area contributed by atoms with Gasteiger partial charge in [0, 0.05) is 22.6 Å². The summed E-state index contributed by atoms with van der Waals surface area (Å²) in [5.74, 6) is -0.246. The quantitative estimate of drug-likeness (QED) is 0.334. The van der Waals surface area contributed by atoms with Gasteiger partial charge in [0.25, 0.3) is 0 Å². The van der Waals surface area contributed by atoms with Crippen molar-refractivity contribution in [2.75, 3.05) is 4.90 Å². The fourth-order valence-electron chi connectivity index (χ4n) is 4.71. The van der Waals surface area contributed by atoms with Gasteiger partial charge in [-0.15, -0.1) is 0 Å². The van der Waals surface area contributed by atoms with Crippen molar-refractivity contribution in [3.05, 3.63) is 106 Å². The van der Waals surface area contributed by atoms with E-state index in [2.05, 4.69) is 10.3 Å². The van der Waals surface area contributed by atoms with Gasteiger partial charge in [0.05, 0.1) is 29.2 Å². The van der Waals surface area contributed by atoms with Gasteiger partial charge in [-0.1, -0.05) is 29.8 Å². The molecule has 2 N–H and O–H groups in total. The van der Waals surface area contributed by atoms with Crippen LogP contribution in [0.3, 0.4) is 0 Å².